The van der Waals surface area contributed by atoms with Gasteiger partial charge in [-0.25, -0.2) is 0 Å². The summed E-state index contributed by atoms with van der Waals surface area (Å²) < 4.78 is 10.5. The summed E-state index contributed by atoms with van der Waals surface area (Å²) in [7, 11) is 1.39. The van der Waals surface area contributed by atoms with E-state index in [1.807, 2.05) is 48.5 Å². The first-order chi connectivity index (χ1) is 13.2. The largest absolute Gasteiger partial charge is 0.469 e. The van der Waals surface area contributed by atoms with E-state index < -0.39 is 0 Å². The molecule has 1 amide bonds. The van der Waals surface area contributed by atoms with Crippen molar-refractivity contribution in [2.24, 2.45) is 0 Å². The van der Waals surface area contributed by atoms with E-state index in [1.54, 1.807) is 6.08 Å². The van der Waals surface area contributed by atoms with Crippen LogP contribution >= 0.6 is 0 Å². The molecule has 0 spiro atoms. The smallest absolute Gasteiger partial charge is 0.305 e. The summed E-state index contributed by atoms with van der Waals surface area (Å²) >= 11 is 0. The van der Waals surface area contributed by atoms with E-state index in [-0.39, 0.29) is 11.9 Å². The monoisotopic (exact) mass is 365 g/mol. The summed E-state index contributed by atoms with van der Waals surface area (Å²) in [6.07, 6.45) is 4.51. The number of hydrogen-bond donors (Lipinski definition) is 1. The third-order valence-corrected chi connectivity index (χ3v) is 4.43. The number of hydrogen-bond acceptors (Lipinski definition) is 4. The minimum Gasteiger partial charge on any atom is -0.469 e. The number of carbonyl (C=O) groups is 2. The highest BCUT2D eigenvalue weighted by Gasteiger charge is 2.21. The molecule has 5 heteroatoms. The fourth-order valence-corrected chi connectivity index (χ4v) is 3.04. The van der Waals surface area contributed by atoms with Crippen molar-refractivity contribution in [3.63, 3.8) is 0 Å². The van der Waals surface area contributed by atoms with Crippen LogP contribution in [-0.4, -0.2) is 25.5 Å². The zero-order chi connectivity index (χ0) is 19.1. The van der Waals surface area contributed by atoms with E-state index in [2.05, 4.69) is 10.1 Å². The van der Waals surface area contributed by atoms with E-state index in [9.17, 15) is 9.59 Å². The summed E-state index contributed by atoms with van der Waals surface area (Å²) in [4.78, 5) is 23.5. The van der Waals surface area contributed by atoms with Gasteiger partial charge in [0, 0.05) is 35.7 Å². The molecular weight excluding hydrogens is 342 g/mol. The van der Waals surface area contributed by atoms with E-state index in [0.717, 1.165) is 47.5 Å². The lowest BCUT2D eigenvalue weighted by Crippen LogP contribution is -2.23. The maximum atomic E-state index is 12.4. The van der Waals surface area contributed by atoms with Crippen LogP contribution in [0.5, 0.6) is 11.5 Å². The van der Waals surface area contributed by atoms with Crippen LogP contribution in [0.4, 0.5) is 0 Å². The first-order valence-corrected chi connectivity index (χ1v) is 9.12. The molecule has 0 saturated heterocycles. The minimum atomic E-state index is -0.194. The maximum Gasteiger partial charge on any atom is 0.305 e. The van der Waals surface area contributed by atoms with Crippen molar-refractivity contribution in [3.8, 4) is 11.5 Å². The number of unbranched alkanes of at least 4 members (excludes halogenated alkanes) is 2. The minimum absolute atomic E-state index is 0.135. The third kappa shape index (κ3) is 4.76. The number of methoxy groups -OCH3 is 1. The quantitative estimate of drug-likeness (QED) is 0.389. The SMILES string of the molecule is COC(=O)CCCCCNC(=O)C=C1c2ccccc2Oc2ccccc21. The molecule has 2 aromatic rings. The second-order valence-electron chi connectivity index (χ2n) is 6.33. The fourth-order valence-electron chi connectivity index (χ4n) is 3.04. The highest BCUT2D eigenvalue weighted by Crippen LogP contribution is 2.42. The highest BCUT2D eigenvalue weighted by atomic mass is 16.5. The molecule has 1 heterocycles. The van der Waals surface area contributed by atoms with Crippen LogP contribution in [0.1, 0.15) is 36.8 Å². The molecule has 1 N–H and O–H groups in total. The van der Waals surface area contributed by atoms with Crippen molar-refractivity contribution >= 4 is 17.4 Å². The van der Waals surface area contributed by atoms with Gasteiger partial charge in [0.05, 0.1) is 7.11 Å². The molecule has 1 aliphatic rings. The van der Waals surface area contributed by atoms with Crippen molar-refractivity contribution in [1.82, 2.24) is 5.32 Å². The summed E-state index contributed by atoms with van der Waals surface area (Å²) in [5.74, 6) is 1.17. The summed E-state index contributed by atoms with van der Waals surface area (Å²) in [5.41, 5.74) is 2.67. The van der Waals surface area contributed by atoms with E-state index >= 15 is 0 Å². The van der Waals surface area contributed by atoms with Gasteiger partial charge in [-0.2, -0.15) is 0 Å². The van der Waals surface area contributed by atoms with Crippen LogP contribution in [-0.2, 0) is 14.3 Å². The van der Waals surface area contributed by atoms with E-state index in [4.69, 9.17) is 4.74 Å². The van der Waals surface area contributed by atoms with E-state index in [0.29, 0.717) is 13.0 Å². The van der Waals surface area contributed by atoms with Gasteiger partial charge in [-0.1, -0.05) is 42.8 Å². The molecule has 0 aliphatic carbocycles. The average Bonchev–Trinajstić information content (AvgIpc) is 2.70. The molecule has 0 fully saturated rings. The van der Waals surface area contributed by atoms with Crippen molar-refractivity contribution in [1.29, 1.82) is 0 Å². The van der Waals surface area contributed by atoms with Crippen LogP contribution in [0.15, 0.2) is 54.6 Å². The number of benzene rings is 2. The number of carbonyl (C=O) groups excluding carboxylic acids is 2. The normalized spacial score (nSPS) is 11.7. The second kappa shape index (κ2) is 9.03. The molecule has 3 rings (SSSR count). The Balaban J connectivity index is 1.63. The molecule has 0 bridgehead atoms. The Morgan fingerprint density at radius 1 is 0.963 bits per heavy atom. The molecule has 0 radical (unpaired) electrons. The van der Waals surface area contributed by atoms with Crippen molar-refractivity contribution in [3.05, 3.63) is 65.7 Å². The lowest BCUT2D eigenvalue weighted by molar-refractivity contribution is -0.140. The van der Waals surface area contributed by atoms with Gasteiger partial charge in [-0.3, -0.25) is 9.59 Å². The number of esters is 1. The standard InChI is InChI=1S/C22H23NO4/c1-26-22(25)13-3-2-8-14-23-21(24)15-18-16-9-4-6-11-19(16)27-20-12-7-5-10-17(18)20/h4-7,9-12,15H,2-3,8,13-14H2,1H3,(H,23,24). The van der Waals surface area contributed by atoms with Gasteiger partial charge in [0.15, 0.2) is 0 Å². The van der Waals surface area contributed by atoms with Crippen molar-refractivity contribution < 1.29 is 19.1 Å². The number of fused-ring (bicyclic) bond motifs is 2. The van der Waals surface area contributed by atoms with Gasteiger partial charge in [-0.15, -0.1) is 0 Å². The van der Waals surface area contributed by atoms with Gasteiger partial charge in [0.2, 0.25) is 5.91 Å². The molecule has 0 saturated carbocycles. The average molecular weight is 365 g/mol. The number of rotatable bonds is 7. The molecule has 5 nitrogen and oxygen atoms in total. The Morgan fingerprint density at radius 2 is 1.59 bits per heavy atom. The summed E-state index contributed by atoms with van der Waals surface area (Å²) in [5, 5.41) is 2.92. The van der Waals surface area contributed by atoms with Gasteiger partial charge >= 0.3 is 5.97 Å². The second-order valence-corrected chi connectivity index (χ2v) is 6.33. The summed E-state index contributed by atoms with van der Waals surface area (Å²) in [6.45, 7) is 0.573. The lowest BCUT2D eigenvalue weighted by atomic mass is 9.93. The van der Waals surface area contributed by atoms with Crippen LogP contribution in [0, 0.1) is 0 Å². The Kier molecular flexibility index (Phi) is 6.26. The van der Waals surface area contributed by atoms with Crippen molar-refractivity contribution in [2.45, 2.75) is 25.7 Å². The van der Waals surface area contributed by atoms with Crippen LogP contribution in [0.25, 0.3) is 5.57 Å². The zero-order valence-corrected chi connectivity index (χ0v) is 15.4. The Hall–Kier alpha value is -3.08. The Morgan fingerprint density at radius 3 is 2.22 bits per heavy atom. The number of ether oxygens (including phenoxy) is 2. The first kappa shape index (κ1) is 18.7. The summed E-state index contributed by atoms with van der Waals surface area (Å²) in [6, 6.07) is 15.4. The zero-order valence-electron chi connectivity index (χ0n) is 15.4. The highest BCUT2D eigenvalue weighted by molar-refractivity contribution is 6.01. The van der Waals surface area contributed by atoms with Crippen LogP contribution < -0.4 is 10.1 Å². The molecule has 2 aromatic carbocycles. The van der Waals surface area contributed by atoms with Crippen LogP contribution in [0.3, 0.4) is 0 Å². The molecule has 0 atom stereocenters. The Labute approximate surface area is 159 Å². The third-order valence-electron chi connectivity index (χ3n) is 4.43. The van der Waals surface area contributed by atoms with Gasteiger partial charge in [-0.05, 0) is 25.0 Å². The predicted octanol–water partition coefficient (Wildman–Crippen LogP) is 4.07. The van der Waals surface area contributed by atoms with Gasteiger partial charge in [0.25, 0.3) is 0 Å². The molecule has 140 valence electrons. The van der Waals surface area contributed by atoms with Gasteiger partial charge in [0.1, 0.15) is 11.5 Å². The number of nitrogens with one attached hydrogen (secondary N) is 1. The van der Waals surface area contributed by atoms with Gasteiger partial charge < -0.3 is 14.8 Å². The molecular formula is C22H23NO4. The van der Waals surface area contributed by atoms with E-state index in [1.165, 1.54) is 7.11 Å². The van der Waals surface area contributed by atoms with Crippen LogP contribution in [0.2, 0.25) is 0 Å². The number of para-hydroxylation sites is 2. The molecule has 0 aromatic heterocycles. The molecule has 27 heavy (non-hydrogen) atoms. The Bertz CT molecular complexity index is 809. The predicted molar refractivity (Wildman–Crippen MR) is 104 cm³/mol. The molecule has 0 unspecified atom stereocenters. The lowest BCUT2D eigenvalue weighted by Gasteiger charge is -2.22. The fraction of sp³-hybridized carbons (Fsp3) is 0.273. The number of amides is 1. The molecule has 1 aliphatic heterocycles. The maximum absolute atomic E-state index is 12.4. The first-order valence-electron chi connectivity index (χ1n) is 9.12. The topological polar surface area (TPSA) is 64.6 Å². The van der Waals surface area contributed by atoms with Crippen molar-refractivity contribution in [2.75, 3.05) is 13.7 Å².